The highest BCUT2D eigenvalue weighted by atomic mass is 79.9. The zero-order valence-electron chi connectivity index (χ0n) is 9.78. The van der Waals surface area contributed by atoms with Gasteiger partial charge in [-0.25, -0.2) is 0 Å². The van der Waals surface area contributed by atoms with Crippen molar-refractivity contribution < 1.29 is 9.53 Å². The second-order valence-electron chi connectivity index (χ2n) is 4.17. The summed E-state index contributed by atoms with van der Waals surface area (Å²) in [5, 5.41) is 3.26. The maximum atomic E-state index is 11.8. The second-order valence-corrected chi connectivity index (χ2v) is 5.09. The first-order valence-corrected chi connectivity index (χ1v) is 6.64. The van der Waals surface area contributed by atoms with E-state index in [-0.39, 0.29) is 17.8 Å². The van der Waals surface area contributed by atoms with Gasteiger partial charge in [0.05, 0.1) is 12.5 Å². The number of nitrogens with one attached hydrogen (secondary N) is 1. The van der Waals surface area contributed by atoms with Gasteiger partial charge in [-0.05, 0) is 24.6 Å². The number of benzene rings is 1. The first-order valence-electron chi connectivity index (χ1n) is 5.85. The van der Waals surface area contributed by atoms with Gasteiger partial charge in [0.1, 0.15) is 0 Å². The van der Waals surface area contributed by atoms with E-state index in [4.69, 9.17) is 4.74 Å². The minimum absolute atomic E-state index is 0.0591. The lowest BCUT2D eigenvalue weighted by atomic mass is 9.89. The van der Waals surface area contributed by atoms with E-state index in [0.717, 1.165) is 11.0 Å². The van der Waals surface area contributed by atoms with Crippen LogP contribution in [0, 0.1) is 5.92 Å². The van der Waals surface area contributed by atoms with E-state index in [0.29, 0.717) is 13.2 Å². The van der Waals surface area contributed by atoms with Gasteiger partial charge in [-0.2, -0.15) is 0 Å². The molecular weight excluding hydrogens is 282 g/mol. The predicted molar refractivity (Wildman–Crippen MR) is 69.9 cm³/mol. The minimum atomic E-state index is -0.0922. The summed E-state index contributed by atoms with van der Waals surface area (Å²) in [6, 6.07) is 8.15. The topological polar surface area (TPSA) is 38.3 Å². The van der Waals surface area contributed by atoms with Crippen molar-refractivity contribution in [3.05, 3.63) is 34.3 Å². The molecule has 2 rings (SSSR count). The smallest absolute Gasteiger partial charge is 0.310 e. The molecule has 2 atom stereocenters. The van der Waals surface area contributed by atoms with Gasteiger partial charge in [0, 0.05) is 23.5 Å². The van der Waals surface area contributed by atoms with Gasteiger partial charge in [-0.1, -0.05) is 28.1 Å². The van der Waals surface area contributed by atoms with Crippen molar-refractivity contribution in [3.63, 3.8) is 0 Å². The third kappa shape index (κ3) is 2.87. The number of rotatable bonds is 3. The SMILES string of the molecule is CCOC(=O)C1CNCC1c1ccc(Br)cc1. The maximum absolute atomic E-state index is 11.8. The summed E-state index contributed by atoms with van der Waals surface area (Å²) in [4.78, 5) is 11.8. The Morgan fingerprint density at radius 3 is 2.76 bits per heavy atom. The van der Waals surface area contributed by atoms with Crippen molar-refractivity contribution in [2.45, 2.75) is 12.8 Å². The molecule has 1 aliphatic heterocycles. The van der Waals surface area contributed by atoms with Gasteiger partial charge in [0.2, 0.25) is 0 Å². The molecule has 3 nitrogen and oxygen atoms in total. The molecule has 0 bridgehead atoms. The highest BCUT2D eigenvalue weighted by molar-refractivity contribution is 9.10. The van der Waals surface area contributed by atoms with Crippen LogP contribution >= 0.6 is 15.9 Å². The first kappa shape index (κ1) is 12.6. The molecule has 0 aliphatic carbocycles. The van der Waals surface area contributed by atoms with E-state index in [1.807, 2.05) is 19.1 Å². The monoisotopic (exact) mass is 297 g/mol. The van der Waals surface area contributed by atoms with Gasteiger partial charge >= 0.3 is 5.97 Å². The highest BCUT2D eigenvalue weighted by Gasteiger charge is 2.34. The molecule has 0 aromatic heterocycles. The summed E-state index contributed by atoms with van der Waals surface area (Å²) >= 11 is 3.42. The quantitative estimate of drug-likeness (QED) is 0.870. The Morgan fingerprint density at radius 1 is 1.41 bits per heavy atom. The minimum Gasteiger partial charge on any atom is -0.466 e. The van der Waals surface area contributed by atoms with E-state index in [9.17, 15) is 4.79 Å². The number of carbonyl (C=O) groups is 1. The van der Waals surface area contributed by atoms with Crippen LogP contribution in [0.25, 0.3) is 0 Å². The molecule has 1 heterocycles. The number of hydrogen-bond donors (Lipinski definition) is 1. The lowest BCUT2D eigenvalue weighted by molar-refractivity contribution is -0.147. The predicted octanol–water partition coefficient (Wildman–Crippen LogP) is 2.32. The average Bonchev–Trinajstić information content (AvgIpc) is 2.79. The van der Waals surface area contributed by atoms with E-state index >= 15 is 0 Å². The summed E-state index contributed by atoms with van der Waals surface area (Å²) < 4.78 is 6.17. The molecule has 4 heteroatoms. The summed E-state index contributed by atoms with van der Waals surface area (Å²) in [6.07, 6.45) is 0. The molecule has 0 spiro atoms. The van der Waals surface area contributed by atoms with Crippen LogP contribution in [0.3, 0.4) is 0 Å². The van der Waals surface area contributed by atoms with Gasteiger partial charge in [-0.15, -0.1) is 0 Å². The molecule has 0 amide bonds. The van der Waals surface area contributed by atoms with Crippen LogP contribution in [0.2, 0.25) is 0 Å². The van der Waals surface area contributed by atoms with Crippen LogP contribution in [0.1, 0.15) is 18.4 Å². The molecule has 2 unspecified atom stereocenters. The van der Waals surface area contributed by atoms with Crippen LogP contribution in [-0.4, -0.2) is 25.7 Å². The van der Waals surface area contributed by atoms with Crippen LogP contribution in [0.4, 0.5) is 0 Å². The molecule has 1 saturated heterocycles. The number of halogens is 1. The summed E-state index contributed by atoms with van der Waals surface area (Å²) in [5.41, 5.74) is 1.19. The second kappa shape index (κ2) is 5.65. The van der Waals surface area contributed by atoms with Crippen LogP contribution in [0.5, 0.6) is 0 Å². The first-order chi connectivity index (χ1) is 8.22. The van der Waals surface area contributed by atoms with Crippen molar-refractivity contribution in [2.75, 3.05) is 19.7 Å². The summed E-state index contributed by atoms with van der Waals surface area (Å²) in [6.45, 7) is 3.84. The summed E-state index contributed by atoms with van der Waals surface area (Å²) in [7, 11) is 0. The van der Waals surface area contributed by atoms with Gasteiger partial charge in [0.15, 0.2) is 0 Å². The number of esters is 1. The molecule has 1 aliphatic rings. The number of ether oxygens (including phenoxy) is 1. The van der Waals surface area contributed by atoms with E-state index in [1.54, 1.807) is 0 Å². The fourth-order valence-corrected chi connectivity index (χ4v) is 2.50. The normalized spacial score (nSPS) is 23.6. The van der Waals surface area contributed by atoms with Gasteiger partial charge < -0.3 is 10.1 Å². The Balaban J connectivity index is 2.14. The summed E-state index contributed by atoms with van der Waals surface area (Å²) in [5.74, 6) is 0.0729. The Hall–Kier alpha value is -0.870. The largest absolute Gasteiger partial charge is 0.466 e. The zero-order valence-corrected chi connectivity index (χ0v) is 11.4. The fraction of sp³-hybridized carbons (Fsp3) is 0.462. The van der Waals surface area contributed by atoms with Gasteiger partial charge in [-0.3, -0.25) is 4.79 Å². The molecule has 1 aromatic carbocycles. The van der Waals surface area contributed by atoms with E-state index in [1.165, 1.54) is 5.56 Å². The molecule has 1 N–H and O–H groups in total. The number of carbonyl (C=O) groups excluding carboxylic acids is 1. The molecule has 1 aromatic rings. The van der Waals surface area contributed by atoms with E-state index in [2.05, 4.69) is 33.4 Å². The Morgan fingerprint density at radius 2 is 2.12 bits per heavy atom. The molecule has 92 valence electrons. The number of hydrogen-bond acceptors (Lipinski definition) is 3. The third-order valence-corrected chi connectivity index (χ3v) is 3.63. The third-order valence-electron chi connectivity index (χ3n) is 3.10. The molecular formula is C13H16BrNO2. The average molecular weight is 298 g/mol. The van der Waals surface area contributed by atoms with Crippen molar-refractivity contribution in [1.82, 2.24) is 5.32 Å². The lowest BCUT2D eigenvalue weighted by Crippen LogP contribution is -2.24. The molecule has 17 heavy (non-hydrogen) atoms. The fourth-order valence-electron chi connectivity index (χ4n) is 2.24. The molecule has 0 radical (unpaired) electrons. The zero-order chi connectivity index (χ0) is 12.3. The molecule has 0 saturated carbocycles. The Labute approximate surface area is 110 Å². The van der Waals surface area contributed by atoms with Crippen molar-refractivity contribution >= 4 is 21.9 Å². The lowest BCUT2D eigenvalue weighted by Gasteiger charge is -2.17. The van der Waals surface area contributed by atoms with Gasteiger partial charge in [0.25, 0.3) is 0 Å². The van der Waals surface area contributed by atoms with Crippen LogP contribution in [-0.2, 0) is 9.53 Å². The Bertz CT molecular complexity index is 391. The van der Waals surface area contributed by atoms with Crippen molar-refractivity contribution in [3.8, 4) is 0 Å². The maximum Gasteiger partial charge on any atom is 0.310 e. The van der Waals surface area contributed by atoms with Crippen molar-refractivity contribution in [1.29, 1.82) is 0 Å². The highest BCUT2D eigenvalue weighted by Crippen LogP contribution is 2.29. The van der Waals surface area contributed by atoms with Crippen molar-refractivity contribution in [2.24, 2.45) is 5.92 Å². The Kier molecular flexibility index (Phi) is 4.18. The standard InChI is InChI=1S/C13H16BrNO2/c1-2-17-13(16)12-8-15-7-11(12)9-3-5-10(14)6-4-9/h3-6,11-12,15H,2,7-8H2,1H3. The molecule has 1 fully saturated rings. The van der Waals surface area contributed by atoms with Crippen LogP contribution in [0.15, 0.2) is 28.7 Å². The van der Waals surface area contributed by atoms with Crippen LogP contribution < -0.4 is 5.32 Å². The van der Waals surface area contributed by atoms with E-state index < -0.39 is 0 Å².